The summed E-state index contributed by atoms with van der Waals surface area (Å²) in [4.78, 5) is 20.3. The van der Waals surface area contributed by atoms with Crippen molar-refractivity contribution in [2.75, 3.05) is 26.2 Å². The van der Waals surface area contributed by atoms with Gasteiger partial charge in [-0.05, 0) is 37.9 Å². The minimum absolute atomic E-state index is 0.144. The van der Waals surface area contributed by atoms with Gasteiger partial charge in [0.1, 0.15) is 0 Å². The number of hydrogen-bond donors (Lipinski definition) is 0. The number of likely N-dealkylation sites (tertiary alicyclic amines) is 3. The van der Waals surface area contributed by atoms with Crippen LogP contribution in [-0.2, 0) is 11.3 Å². The molecule has 0 N–H and O–H groups in total. The minimum atomic E-state index is 0.144. The Morgan fingerprint density at radius 3 is 2.62 bits per heavy atom. The van der Waals surface area contributed by atoms with Gasteiger partial charge in [-0.2, -0.15) is 0 Å². The van der Waals surface area contributed by atoms with Crippen LogP contribution in [0.15, 0.2) is 30.3 Å². The number of benzene rings is 1. The van der Waals surface area contributed by atoms with Crippen molar-refractivity contribution >= 4 is 5.91 Å². The maximum absolute atomic E-state index is 13.1. The van der Waals surface area contributed by atoms with E-state index in [4.69, 9.17) is 0 Å². The molecule has 3 heterocycles. The van der Waals surface area contributed by atoms with Crippen LogP contribution in [0.3, 0.4) is 0 Å². The summed E-state index contributed by atoms with van der Waals surface area (Å²) in [5.41, 5.74) is 1.38. The Labute approximate surface area is 145 Å². The lowest BCUT2D eigenvalue weighted by Crippen LogP contribution is -2.56. The number of piperidine rings is 1. The third-order valence-electron chi connectivity index (χ3n) is 6.17. The van der Waals surface area contributed by atoms with Crippen LogP contribution in [0, 0.1) is 0 Å². The van der Waals surface area contributed by atoms with Crippen molar-refractivity contribution in [2.45, 2.75) is 57.3 Å². The van der Waals surface area contributed by atoms with Crippen molar-refractivity contribution < 1.29 is 4.79 Å². The van der Waals surface area contributed by atoms with E-state index in [2.05, 4.69) is 52.0 Å². The van der Waals surface area contributed by atoms with E-state index in [1.807, 2.05) is 0 Å². The van der Waals surface area contributed by atoms with E-state index < -0.39 is 0 Å². The molecular weight excluding hydrogens is 298 g/mol. The highest BCUT2D eigenvalue weighted by atomic mass is 16.2. The van der Waals surface area contributed by atoms with Gasteiger partial charge in [0.2, 0.25) is 5.91 Å². The Morgan fingerprint density at radius 2 is 1.92 bits per heavy atom. The van der Waals surface area contributed by atoms with Gasteiger partial charge in [-0.25, -0.2) is 0 Å². The topological polar surface area (TPSA) is 26.8 Å². The Hall–Kier alpha value is -1.39. The van der Waals surface area contributed by atoms with Gasteiger partial charge in [0.25, 0.3) is 0 Å². The van der Waals surface area contributed by atoms with Crippen molar-refractivity contribution in [2.24, 2.45) is 0 Å². The number of amides is 1. The van der Waals surface area contributed by atoms with Crippen molar-refractivity contribution in [3.05, 3.63) is 35.9 Å². The molecule has 1 aromatic rings. The molecule has 24 heavy (non-hydrogen) atoms. The number of likely N-dealkylation sites (N-methyl/N-ethyl adjacent to an activating group) is 1. The second kappa shape index (κ2) is 6.85. The van der Waals surface area contributed by atoms with Crippen molar-refractivity contribution in [3.63, 3.8) is 0 Å². The summed E-state index contributed by atoms with van der Waals surface area (Å²) in [6.07, 6.45) is 4.66. The lowest BCUT2D eigenvalue weighted by atomic mass is 10.0. The van der Waals surface area contributed by atoms with Gasteiger partial charge in [-0.15, -0.1) is 0 Å². The summed E-state index contributed by atoms with van der Waals surface area (Å²) in [5.74, 6) is 0.406. The van der Waals surface area contributed by atoms with Gasteiger partial charge in [0.15, 0.2) is 0 Å². The predicted octanol–water partition coefficient (Wildman–Crippen LogP) is 2.35. The summed E-state index contributed by atoms with van der Waals surface area (Å²) in [5, 5.41) is 0. The van der Waals surface area contributed by atoms with Crippen LogP contribution < -0.4 is 0 Å². The van der Waals surface area contributed by atoms with Crippen molar-refractivity contribution in [1.82, 2.24) is 14.7 Å². The number of carbonyl (C=O) groups excluding carboxylic acids is 1. The van der Waals surface area contributed by atoms with Gasteiger partial charge < -0.3 is 4.90 Å². The second-order valence-electron chi connectivity index (χ2n) is 7.59. The normalized spacial score (nSPS) is 30.9. The van der Waals surface area contributed by atoms with Gasteiger partial charge in [0.05, 0.1) is 6.04 Å². The second-order valence-corrected chi connectivity index (χ2v) is 7.59. The lowest BCUT2D eigenvalue weighted by Gasteiger charge is -2.40. The molecule has 2 bridgehead atoms. The number of piperazine rings is 1. The van der Waals surface area contributed by atoms with Crippen LogP contribution in [0.1, 0.15) is 38.2 Å². The molecule has 0 radical (unpaired) electrons. The Balaban J connectivity index is 1.38. The number of rotatable bonds is 4. The highest BCUT2D eigenvalue weighted by molar-refractivity contribution is 5.83. The third kappa shape index (κ3) is 2.98. The highest BCUT2D eigenvalue weighted by Gasteiger charge is 2.47. The summed E-state index contributed by atoms with van der Waals surface area (Å²) >= 11 is 0. The van der Waals surface area contributed by atoms with E-state index in [0.717, 1.165) is 45.6 Å². The van der Waals surface area contributed by atoms with Crippen LogP contribution in [0.4, 0.5) is 0 Å². The zero-order valence-electron chi connectivity index (χ0n) is 14.7. The van der Waals surface area contributed by atoms with Crippen molar-refractivity contribution in [3.8, 4) is 0 Å². The van der Waals surface area contributed by atoms with Crippen LogP contribution in [-0.4, -0.2) is 64.9 Å². The number of fused-ring (bicyclic) bond motifs is 2. The average molecular weight is 327 g/mol. The first kappa shape index (κ1) is 16.1. The summed E-state index contributed by atoms with van der Waals surface area (Å²) in [7, 11) is 0. The first-order valence-electron chi connectivity index (χ1n) is 9.58. The highest BCUT2D eigenvalue weighted by Crippen LogP contribution is 2.33. The van der Waals surface area contributed by atoms with Gasteiger partial charge in [0, 0.05) is 31.7 Å². The maximum Gasteiger partial charge on any atom is 0.240 e. The molecule has 4 rings (SSSR count). The molecule has 1 aromatic carbocycles. The first-order valence-corrected chi connectivity index (χ1v) is 9.58. The lowest BCUT2D eigenvalue weighted by molar-refractivity contribution is -0.140. The molecule has 0 unspecified atom stereocenters. The van der Waals surface area contributed by atoms with Crippen LogP contribution in [0.5, 0.6) is 0 Å². The van der Waals surface area contributed by atoms with E-state index >= 15 is 0 Å². The molecule has 3 atom stereocenters. The monoisotopic (exact) mass is 327 g/mol. The van der Waals surface area contributed by atoms with Crippen LogP contribution in [0.2, 0.25) is 0 Å². The van der Waals surface area contributed by atoms with E-state index in [1.165, 1.54) is 18.4 Å². The average Bonchev–Trinajstić information content (AvgIpc) is 3.22. The molecule has 1 amide bonds. The Kier molecular flexibility index (Phi) is 4.59. The number of hydrogen-bond acceptors (Lipinski definition) is 3. The number of nitrogens with zero attached hydrogens (tertiary/aromatic N) is 3. The van der Waals surface area contributed by atoms with E-state index in [1.54, 1.807) is 0 Å². The molecule has 3 aliphatic rings. The quantitative estimate of drug-likeness (QED) is 0.849. The number of carbonyl (C=O) groups is 1. The van der Waals surface area contributed by atoms with Crippen LogP contribution in [0.25, 0.3) is 0 Å². The van der Waals surface area contributed by atoms with E-state index in [9.17, 15) is 4.79 Å². The molecule has 0 aromatic heterocycles. The molecule has 0 saturated carbocycles. The minimum Gasteiger partial charge on any atom is -0.335 e. The fourth-order valence-corrected chi connectivity index (χ4v) is 4.87. The summed E-state index contributed by atoms with van der Waals surface area (Å²) in [6.45, 7) is 7.28. The Morgan fingerprint density at radius 1 is 1.08 bits per heavy atom. The van der Waals surface area contributed by atoms with E-state index in [-0.39, 0.29) is 6.04 Å². The molecule has 0 aliphatic carbocycles. The summed E-state index contributed by atoms with van der Waals surface area (Å²) < 4.78 is 0. The molecule has 130 valence electrons. The summed E-state index contributed by atoms with van der Waals surface area (Å²) in [6, 6.07) is 11.8. The zero-order chi connectivity index (χ0) is 16.5. The molecule has 3 aliphatic heterocycles. The Bertz CT molecular complexity index is 576. The first-order chi connectivity index (χ1) is 11.8. The zero-order valence-corrected chi connectivity index (χ0v) is 14.7. The van der Waals surface area contributed by atoms with Crippen LogP contribution >= 0.6 is 0 Å². The fourth-order valence-electron chi connectivity index (χ4n) is 4.87. The van der Waals surface area contributed by atoms with Gasteiger partial charge >= 0.3 is 0 Å². The largest absolute Gasteiger partial charge is 0.335 e. The predicted molar refractivity (Wildman–Crippen MR) is 95.6 cm³/mol. The smallest absolute Gasteiger partial charge is 0.240 e. The molecule has 4 heteroatoms. The molecule has 4 nitrogen and oxygen atoms in total. The van der Waals surface area contributed by atoms with Gasteiger partial charge in [-0.3, -0.25) is 14.6 Å². The third-order valence-corrected chi connectivity index (χ3v) is 6.17. The van der Waals surface area contributed by atoms with Gasteiger partial charge in [-0.1, -0.05) is 43.7 Å². The molecule has 3 fully saturated rings. The van der Waals surface area contributed by atoms with E-state index in [0.29, 0.717) is 18.0 Å². The maximum atomic E-state index is 13.1. The molecular formula is C20H29N3O. The molecule has 3 saturated heterocycles. The van der Waals surface area contributed by atoms with Crippen molar-refractivity contribution in [1.29, 1.82) is 0 Å². The molecule has 0 spiro atoms. The standard InChI is InChI=1S/C20H29N3O/c1-2-21-11-7-6-10-19(21)20(24)23-15-17-12-18(23)14-22(17)13-16-8-4-3-5-9-16/h3-5,8-9,17-19H,2,6-7,10-15H2,1H3/t17-,18+,19-/m0/s1. The SMILES string of the molecule is CCN1CCCC[C@H]1C(=O)N1C[C@@H]2C[C@@H]1CN2Cc1ccccc1. The fraction of sp³-hybridized carbons (Fsp3) is 0.650.